The van der Waals surface area contributed by atoms with Crippen LogP contribution in [0.1, 0.15) is 11.3 Å². The lowest BCUT2D eigenvalue weighted by Crippen LogP contribution is -2.43. The summed E-state index contributed by atoms with van der Waals surface area (Å²) in [6, 6.07) is 14.4. The summed E-state index contributed by atoms with van der Waals surface area (Å²) in [4.78, 5) is 2.47. The first kappa shape index (κ1) is 12.9. The average Bonchev–Trinajstić information content (AvgIpc) is 3.01. The third-order valence-electron chi connectivity index (χ3n) is 3.49. The fourth-order valence-electron chi connectivity index (χ4n) is 2.36. The SMILES string of the molecule is C(=NN1CCN(Cc2ccccc2)CC1)c1ccco1. The summed E-state index contributed by atoms with van der Waals surface area (Å²) >= 11 is 0. The summed E-state index contributed by atoms with van der Waals surface area (Å²) in [5, 5.41) is 6.56. The van der Waals surface area contributed by atoms with Crippen LogP contribution in [0.25, 0.3) is 0 Å². The molecule has 1 aliphatic heterocycles. The van der Waals surface area contributed by atoms with Crippen LogP contribution in [0.3, 0.4) is 0 Å². The van der Waals surface area contributed by atoms with Gasteiger partial charge in [-0.3, -0.25) is 9.91 Å². The lowest BCUT2D eigenvalue weighted by Gasteiger charge is -2.32. The van der Waals surface area contributed by atoms with E-state index in [2.05, 4.69) is 45.3 Å². The molecule has 0 spiro atoms. The molecule has 0 bridgehead atoms. The Hall–Kier alpha value is -2.07. The lowest BCUT2D eigenvalue weighted by atomic mass is 10.2. The molecule has 0 atom stereocenters. The van der Waals surface area contributed by atoms with Crippen LogP contribution in [0.4, 0.5) is 0 Å². The van der Waals surface area contributed by atoms with Gasteiger partial charge in [0.05, 0.1) is 12.5 Å². The van der Waals surface area contributed by atoms with Crippen molar-refractivity contribution >= 4 is 6.21 Å². The first-order valence-electron chi connectivity index (χ1n) is 6.99. The minimum absolute atomic E-state index is 0.803. The van der Waals surface area contributed by atoms with E-state index in [-0.39, 0.29) is 0 Å². The zero-order valence-corrected chi connectivity index (χ0v) is 11.5. The van der Waals surface area contributed by atoms with Gasteiger partial charge >= 0.3 is 0 Å². The van der Waals surface area contributed by atoms with Crippen LogP contribution in [0.2, 0.25) is 0 Å². The zero-order valence-electron chi connectivity index (χ0n) is 11.5. The molecule has 20 heavy (non-hydrogen) atoms. The summed E-state index contributed by atoms with van der Waals surface area (Å²) in [6.45, 7) is 5.04. The molecule has 1 aromatic carbocycles. The summed E-state index contributed by atoms with van der Waals surface area (Å²) in [6.07, 6.45) is 3.45. The van der Waals surface area contributed by atoms with Crippen LogP contribution in [-0.2, 0) is 6.54 Å². The van der Waals surface area contributed by atoms with E-state index < -0.39 is 0 Å². The fraction of sp³-hybridized carbons (Fsp3) is 0.312. The highest BCUT2D eigenvalue weighted by Crippen LogP contribution is 2.08. The summed E-state index contributed by atoms with van der Waals surface area (Å²) in [7, 11) is 0. The molecule has 2 heterocycles. The first-order chi connectivity index (χ1) is 9.90. The molecule has 0 saturated carbocycles. The Morgan fingerprint density at radius 3 is 2.50 bits per heavy atom. The molecule has 0 radical (unpaired) electrons. The van der Waals surface area contributed by atoms with Crippen LogP contribution >= 0.6 is 0 Å². The van der Waals surface area contributed by atoms with Crippen molar-refractivity contribution in [3.05, 3.63) is 60.1 Å². The Labute approximate surface area is 119 Å². The Bertz CT molecular complexity index is 528. The van der Waals surface area contributed by atoms with Crippen LogP contribution in [0.5, 0.6) is 0 Å². The molecule has 0 unspecified atom stereocenters. The topological polar surface area (TPSA) is 32.0 Å². The largest absolute Gasteiger partial charge is 0.463 e. The van der Waals surface area contributed by atoms with Gasteiger partial charge < -0.3 is 4.42 Å². The summed E-state index contributed by atoms with van der Waals surface area (Å²) in [5.41, 5.74) is 1.38. The van der Waals surface area contributed by atoms with Gasteiger partial charge in [-0.05, 0) is 17.7 Å². The van der Waals surface area contributed by atoms with Crippen LogP contribution in [0.15, 0.2) is 58.2 Å². The van der Waals surface area contributed by atoms with Crippen molar-refractivity contribution < 1.29 is 4.42 Å². The maximum absolute atomic E-state index is 5.24. The van der Waals surface area contributed by atoms with Gasteiger partial charge in [-0.25, -0.2) is 0 Å². The number of rotatable bonds is 4. The number of hydrogen-bond acceptors (Lipinski definition) is 4. The van der Waals surface area contributed by atoms with Crippen molar-refractivity contribution in [1.82, 2.24) is 9.91 Å². The molecule has 0 amide bonds. The molecule has 104 valence electrons. The predicted octanol–water partition coefficient (Wildman–Crippen LogP) is 2.43. The number of hydrogen-bond donors (Lipinski definition) is 0. The molecule has 1 aliphatic rings. The van der Waals surface area contributed by atoms with Crippen LogP contribution < -0.4 is 0 Å². The van der Waals surface area contributed by atoms with Crippen molar-refractivity contribution in [1.29, 1.82) is 0 Å². The monoisotopic (exact) mass is 269 g/mol. The predicted molar refractivity (Wildman–Crippen MR) is 79.6 cm³/mol. The average molecular weight is 269 g/mol. The highest BCUT2D eigenvalue weighted by Gasteiger charge is 2.15. The van der Waals surface area contributed by atoms with Crippen LogP contribution in [0, 0.1) is 0 Å². The Balaban J connectivity index is 1.47. The van der Waals surface area contributed by atoms with E-state index in [0.717, 1.165) is 38.5 Å². The lowest BCUT2D eigenvalue weighted by molar-refractivity contribution is 0.131. The van der Waals surface area contributed by atoms with Crippen LogP contribution in [-0.4, -0.2) is 42.3 Å². The molecule has 2 aromatic rings. The van der Waals surface area contributed by atoms with E-state index in [4.69, 9.17) is 4.42 Å². The first-order valence-corrected chi connectivity index (χ1v) is 6.99. The van der Waals surface area contributed by atoms with Gasteiger partial charge in [0.25, 0.3) is 0 Å². The van der Waals surface area contributed by atoms with Crippen molar-refractivity contribution in [3.8, 4) is 0 Å². The van der Waals surface area contributed by atoms with Crippen molar-refractivity contribution in [2.45, 2.75) is 6.54 Å². The normalized spacial score (nSPS) is 16.9. The van der Waals surface area contributed by atoms with Gasteiger partial charge in [-0.2, -0.15) is 5.10 Å². The second kappa shape index (κ2) is 6.39. The third kappa shape index (κ3) is 3.48. The minimum atomic E-state index is 0.803. The fourth-order valence-corrected chi connectivity index (χ4v) is 2.36. The van der Waals surface area contributed by atoms with E-state index in [9.17, 15) is 0 Å². The number of hydrazone groups is 1. The number of piperazine rings is 1. The Morgan fingerprint density at radius 2 is 1.80 bits per heavy atom. The van der Waals surface area contributed by atoms with E-state index in [1.54, 1.807) is 12.5 Å². The van der Waals surface area contributed by atoms with Gasteiger partial charge in [0.1, 0.15) is 5.76 Å². The molecule has 0 aliphatic carbocycles. The molecule has 1 aromatic heterocycles. The van der Waals surface area contributed by atoms with Crippen molar-refractivity contribution in [2.75, 3.05) is 26.2 Å². The van der Waals surface area contributed by atoms with Crippen molar-refractivity contribution in [3.63, 3.8) is 0 Å². The molecule has 1 saturated heterocycles. The van der Waals surface area contributed by atoms with Gasteiger partial charge in [0.2, 0.25) is 0 Å². The molecule has 0 N–H and O–H groups in total. The number of nitrogens with zero attached hydrogens (tertiary/aromatic N) is 3. The zero-order chi connectivity index (χ0) is 13.6. The highest BCUT2D eigenvalue weighted by molar-refractivity contribution is 5.75. The third-order valence-corrected chi connectivity index (χ3v) is 3.49. The van der Waals surface area contributed by atoms with Gasteiger partial charge in [-0.15, -0.1) is 0 Å². The second-order valence-corrected chi connectivity index (χ2v) is 4.98. The molecule has 4 nitrogen and oxygen atoms in total. The molecule has 1 fully saturated rings. The molecular weight excluding hydrogens is 250 g/mol. The van der Waals surface area contributed by atoms with Gasteiger partial charge in [0, 0.05) is 32.7 Å². The standard InChI is InChI=1S/C16H19N3O/c1-2-5-15(6-3-1)14-18-8-10-19(11-9-18)17-13-16-7-4-12-20-16/h1-7,12-13H,8-11,14H2. The van der Waals surface area contributed by atoms with Gasteiger partial charge in [0.15, 0.2) is 0 Å². The summed E-state index contributed by atoms with van der Waals surface area (Å²) < 4.78 is 5.24. The highest BCUT2D eigenvalue weighted by atomic mass is 16.3. The molecular formula is C16H19N3O. The van der Waals surface area contributed by atoms with E-state index in [1.807, 2.05) is 12.1 Å². The second-order valence-electron chi connectivity index (χ2n) is 4.98. The van der Waals surface area contributed by atoms with E-state index >= 15 is 0 Å². The van der Waals surface area contributed by atoms with E-state index in [0.29, 0.717) is 0 Å². The molecule has 3 rings (SSSR count). The maximum atomic E-state index is 5.24. The van der Waals surface area contributed by atoms with E-state index in [1.165, 1.54) is 5.56 Å². The Kier molecular flexibility index (Phi) is 4.13. The number of furan rings is 1. The molecule has 4 heteroatoms. The quantitative estimate of drug-likeness (QED) is 0.799. The maximum Gasteiger partial charge on any atom is 0.146 e. The smallest absolute Gasteiger partial charge is 0.146 e. The summed E-state index contributed by atoms with van der Waals surface area (Å²) in [5.74, 6) is 0.803. The number of benzene rings is 1. The van der Waals surface area contributed by atoms with Crippen molar-refractivity contribution in [2.24, 2.45) is 5.10 Å². The van der Waals surface area contributed by atoms with Gasteiger partial charge in [-0.1, -0.05) is 30.3 Å². The minimum Gasteiger partial charge on any atom is -0.463 e. The Morgan fingerprint density at radius 1 is 1.00 bits per heavy atom.